The average molecular weight is 727 g/mol. The van der Waals surface area contributed by atoms with Gasteiger partial charge in [-0.15, -0.1) is 0 Å². The summed E-state index contributed by atoms with van der Waals surface area (Å²) in [7, 11) is 0. The Morgan fingerprint density at radius 2 is 1.09 bits per heavy atom. The predicted octanol–water partition coefficient (Wildman–Crippen LogP) is 13.7. The summed E-state index contributed by atoms with van der Waals surface area (Å²) in [6.07, 6.45) is 0. The van der Waals surface area contributed by atoms with Crippen LogP contribution in [0.5, 0.6) is 0 Å². The van der Waals surface area contributed by atoms with Crippen molar-refractivity contribution in [3.05, 3.63) is 182 Å². The molecule has 9 aromatic carbocycles. The molecule has 0 unspecified atom stereocenters. The topological polar surface area (TPSA) is 48.8 Å². The van der Waals surface area contributed by atoms with Crippen molar-refractivity contribution in [1.29, 1.82) is 0 Å². The van der Waals surface area contributed by atoms with E-state index in [0.29, 0.717) is 5.95 Å². The Balaban J connectivity index is 1.24. The summed E-state index contributed by atoms with van der Waals surface area (Å²) in [4.78, 5) is 11.0. The lowest BCUT2D eigenvalue weighted by Crippen LogP contribution is -2.05. The van der Waals surface area contributed by atoms with E-state index in [4.69, 9.17) is 14.4 Å². The largest absolute Gasteiger partial charge is 0.455 e. The molecule has 0 spiro atoms. The number of hydrogen-bond acceptors (Lipinski definition) is 3. The SMILES string of the molecule is c1ccc(-c2nc(-n3c4ccccc4c4ccc5c6c7oc8ccccc8c7ccc6n(-c6ccc7ccccc7c6)c5c43)nc3ccc4ccccc4c23)cc1. The minimum absolute atomic E-state index is 0.625. The van der Waals surface area contributed by atoms with Crippen LogP contribution in [0.15, 0.2) is 186 Å². The van der Waals surface area contributed by atoms with Crippen LogP contribution in [0.4, 0.5) is 0 Å². The summed E-state index contributed by atoms with van der Waals surface area (Å²) >= 11 is 0. The van der Waals surface area contributed by atoms with E-state index in [2.05, 4.69) is 185 Å². The lowest BCUT2D eigenvalue weighted by atomic mass is 10.0. The number of nitrogens with zero attached hydrogens (tertiary/aromatic N) is 4. The molecule has 0 N–H and O–H groups in total. The van der Waals surface area contributed by atoms with Crippen molar-refractivity contribution in [2.24, 2.45) is 0 Å². The molecule has 0 amide bonds. The molecule has 0 aliphatic carbocycles. The van der Waals surface area contributed by atoms with Crippen LogP contribution in [0.2, 0.25) is 0 Å². The molecular formula is C52H30N4O. The quantitative estimate of drug-likeness (QED) is 0.170. The summed E-state index contributed by atoms with van der Waals surface area (Å²) in [6, 6.07) is 64.7. The maximum absolute atomic E-state index is 6.78. The summed E-state index contributed by atoms with van der Waals surface area (Å²) in [5.74, 6) is 0.625. The van der Waals surface area contributed by atoms with Gasteiger partial charge in [0.2, 0.25) is 5.95 Å². The Morgan fingerprint density at radius 3 is 1.98 bits per heavy atom. The van der Waals surface area contributed by atoms with Crippen LogP contribution in [0, 0.1) is 0 Å². The molecule has 4 heterocycles. The molecule has 0 saturated carbocycles. The van der Waals surface area contributed by atoms with E-state index in [9.17, 15) is 0 Å². The monoisotopic (exact) mass is 726 g/mol. The first-order chi connectivity index (χ1) is 28.3. The molecule has 0 bridgehead atoms. The Morgan fingerprint density at radius 1 is 0.404 bits per heavy atom. The van der Waals surface area contributed by atoms with Gasteiger partial charge in [-0.3, -0.25) is 4.57 Å². The zero-order chi connectivity index (χ0) is 37.2. The third-order valence-electron chi connectivity index (χ3n) is 11.9. The van der Waals surface area contributed by atoms with Crippen molar-refractivity contribution in [3.63, 3.8) is 0 Å². The standard InChI is InChI=1S/C52H30N4O/c1-2-14-33(15-3-1)48-46-36-17-7-6-13-32(36)23-28-42(46)53-52(54-48)56-43-20-10-8-18-37(43)39-25-26-41-47-44(29-27-40-38-19-9-11-21-45(38)57-51(40)47)55(50(41)49(39)56)35-24-22-31-12-4-5-16-34(31)30-35/h1-30H. The summed E-state index contributed by atoms with van der Waals surface area (Å²) in [5, 5.41) is 12.4. The summed E-state index contributed by atoms with van der Waals surface area (Å²) in [6.45, 7) is 0. The average Bonchev–Trinajstić information content (AvgIpc) is 3.94. The van der Waals surface area contributed by atoms with Gasteiger partial charge in [-0.05, 0) is 64.0 Å². The first-order valence-corrected chi connectivity index (χ1v) is 19.3. The molecular weight excluding hydrogens is 697 g/mol. The predicted molar refractivity (Wildman–Crippen MR) is 236 cm³/mol. The third kappa shape index (κ3) is 4.23. The van der Waals surface area contributed by atoms with Crippen LogP contribution >= 0.6 is 0 Å². The Labute approximate surface area is 325 Å². The Kier molecular flexibility index (Phi) is 6.10. The minimum Gasteiger partial charge on any atom is -0.455 e. The zero-order valence-electron chi connectivity index (χ0n) is 30.5. The highest BCUT2D eigenvalue weighted by atomic mass is 16.3. The van der Waals surface area contributed by atoms with Crippen LogP contribution < -0.4 is 0 Å². The maximum Gasteiger partial charge on any atom is 0.235 e. The molecule has 264 valence electrons. The Hall–Kier alpha value is -7.76. The fraction of sp³-hybridized carbons (Fsp3) is 0. The van der Waals surface area contributed by atoms with E-state index in [1.807, 2.05) is 6.07 Å². The van der Waals surface area contributed by atoms with Gasteiger partial charge in [0.1, 0.15) is 11.2 Å². The van der Waals surface area contributed by atoms with Crippen LogP contribution in [0.25, 0.3) is 121 Å². The van der Waals surface area contributed by atoms with Gasteiger partial charge in [-0.2, -0.15) is 0 Å². The highest BCUT2D eigenvalue weighted by Gasteiger charge is 2.25. The molecule has 0 aliphatic rings. The Bertz CT molecular complexity index is 3810. The molecule has 57 heavy (non-hydrogen) atoms. The molecule has 0 radical (unpaired) electrons. The number of hydrogen-bond donors (Lipinski definition) is 0. The smallest absolute Gasteiger partial charge is 0.235 e. The van der Waals surface area contributed by atoms with Gasteiger partial charge in [0.25, 0.3) is 0 Å². The van der Waals surface area contributed by atoms with Crippen molar-refractivity contribution < 1.29 is 4.42 Å². The van der Waals surface area contributed by atoms with Gasteiger partial charge in [0.15, 0.2) is 0 Å². The van der Waals surface area contributed by atoms with Crippen LogP contribution in [-0.2, 0) is 0 Å². The number of rotatable bonds is 3. The van der Waals surface area contributed by atoms with Gasteiger partial charge >= 0.3 is 0 Å². The molecule has 0 saturated heterocycles. The molecule has 0 atom stereocenters. The lowest BCUT2D eigenvalue weighted by Gasteiger charge is -2.15. The first-order valence-electron chi connectivity index (χ1n) is 19.3. The minimum atomic E-state index is 0.625. The van der Waals surface area contributed by atoms with E-state index in [-0.39, 0.29) is 0 Å². The number of aromatic nitrogens is 4. The summed E-state index contributed by atoms with van der Waals surface area (Å²) < 4.78 is 11.5. The number of furan rings is 1. The fourth-order valence-electron chi connectivity index (χ4n) is 9.40. The molecule has 5 nitrogen and oxygen atoms in total. The van der Waals surface area contributed by atoms with Gasteiger partial charge in [-0.1, -0.05) is 140 Å². The highest BCUT2D eigenvalue weighted by Crippen LogP contribution is 2.45. The van der Waals surface area contributed by atoms with Gasteiger partial charge in [0, 0.05) is 43.6 Å². The first kappa shape index (κ1) is 30.6. The summed E-state index contributed by atoms with van der Waals surface area (Å²) in [5.41, 5.74) is 9.93. The molecule has 0 fully saturated rings. The van der Waals surface area contributed by atoms with Crippen molar-refractivity contribution in [3.8, 4) is 22.9 Å². The normalized spacial score (nSPS) is 12.2. The second-order valence-corrected chi connectivity index (χ2v) is 14.9. The van der Waals surface area contributed by atoms with Crippen molar-refractivity contribution >= 4 is 98.0 Å². The van der Waals surface area contributed by atoms with Crippen LogP contribution in [0.1, 0.15) is 0 Å². The van der Waals surface area contributed by atoms with Gasteiger partial charge in [0.05, 0.1) is 38.7 Å². The lowest BCUT2D eigenvalue weighted by molar-refractivity contribution is 0.673. The van der Waals surface area contributed by atoms with E-state index in [1.54, 1.807) is 0 Å². The molecule has 4 aromatic heterocycles. The van der Waals surface area contributed by atoms with Gasteiger partial charge < -0.3 is 8.98 Å². The van der Waals surface area contributed by atoms with Crippen LogP contribution in [0.3, 0.4) is 0 Å². The molecule has 13 rings (SSSR count). The highest BCUT2D eigenvalue weighted by molar-refractivity contribution is 6.29. The molecule has 13 aromatic rings. The van der Waals surface area contributed by atoms with E-state index < -0.39 is 0 Å². The second-order valence-electron chi connectivity index (χ2n) is 14.9. The third-order valence-corrected chi connectivity index (χ3v) is 11.9. The van der Waals surface area contributed by atoms with Crippen LogP contribution in [-0.4, -0.2) is 19.1 Å². The number of fused-ring (bicyclic) bond motifs is 15. The van der Waals surface area contributed by atoms with Crippen molar-refractivity contribution in [1.82, 2.24) is 19.1 Å². The van der Waals surface area contributed by atoms with Crippen molar-refractivity contribution in [2.45, 2.75) is 0 Å². The number of benzene rings is 9. The van der Waals surface area contributed by atoms with E-state index in [0.717, 1.165) is 104 Å². The van der Waals surface area contributed by atoms with Crippen molar-refractivity contribution in [2.75, 3.05) is 0 Å². The van der Waals surface area contributed by atoms with Gasteiger partial charge in [-0.25, -0.2) is 9.97 Å². The second kappa shape index (κ2) is 11.4. The fourth-order valence-corrected chi connectivity index (χ4v) is 9.40. The molecule has 0 aliphatic heterocycles. The number of para-hydroxylation sites is 2. The zero-order valence-corrected chi connectivity index (χ0v) is 30.5. The molecule has 5 heteroatoms. The van der Waals surface area contributed by atoms with E-state index >= 15 is 0 Å². The van der Waals surface area contributed by atoms with E-state index in [1.165, 1.54) is 10.8 Å². The maximum atomic E-state index is 6.78.